The number of rotatable bonds is 1. The molecule has 0 unspecified atom stereocenters. The van der Waals surface area contributed by atoms with Gasteiger partial charge in [0.05, 0.1) is 31.6 Å². The van der Waals surface area contributed by atoms with E-state index >= 15 is 0 Å². The van der Waals surface area contributed by atoms with Crippen LogP contribution in [-0.4, -0.2) is 46.3 Å². The number of anilines is 1. The lowest BCUT2D eigenvalue weighted by atomic mass is 9.95. The lowest BCUT2D eigenvalue weighted by Crippen LogP contribution is -2.36. The Balaban J connectivity index is 1.80. The molecule has 0 aliphatic carbocycles. The van der Waals surface area contributed by atoms with Gasteiger partial charge in [0.15, 0.2) is 5.82 Å². The summed E-state index contributed by atoms with van der Waals surface area (Å²) in [5, 5.41) is 0. The van der Waals surface area contributed by atoms with Gasteiger partial charge in [-0.3, -0.25) is 9.47 Å². The van der Waals surface area contributed by atoms with Crippen LogP contribution in [0.15, 0.2) is 28.1 Å². The molecule has 2 bridgehead atoms. The monoisotopic (exact) mass is 426 g/mol. The van der Waals surface area contributed by atoms with Gasteiger partial charge in [0.2, 0.25) is 0 Å². The van der Waals surface area contributed by atoms with E-state index in [1.54, 1.807) is 0 Å². The standard InChI is InChI=1S/C22H30N6O3/c1-14(2)27-6-5-16-9-15-10-19(17(16)13-27)30-7-3-4-8-31-21(24)26-20-18(23)11-25-22(29)28(20)12-15/h9-11,14H,3-8,12-13,23H2,1-2H3,(H2,24,26). The molecule has 2 aliphatic rings. The highest BCUT2D eigenvalue weighted by molar-refractivity contribution is 5.77. The number of hydrogen-bond donors (Lipinski definition) is 2. The molecule has 0 atom stereocenters. The number of benzene rings is 1. The van der Waals surface area contributed by atoms with Gasteiger partial charge in [-0.1, -0.05) is 6.07 Å². The molecule has 31 heavy (non-hydrogen) atoms. The Labute approximate surface area is 181 Å². The topological polar surface area (TPSA) is 121 Å². The van der Waals surface area contributed by atoms with E-state index in [9.17, 15) is 4.79 Å². The molecule has 0 saturated heterocycles. The van der Waals surface area contributed by atoms with E-state index < -0.39 is 5.69 Å². The van der Waals surface area contributed by atoms with Crippen molar-refractivity contribution in [2.75, 3.05) is 25.5 Å². The molecule has 4 rings (SSSR count). The van der Waals surface area contributed by atoms with Crippen LogP contribution in [0.3, 0.4) is 0 Å². The Morgan fingerprint density at radius 1 is 1.10 bits per heavy atom. The lowest BCUT2D eigenvalue weighted by molar-refractivity contribution is 0.196. The normalized spacial score (nSPS) is 17.6. The van der Waals surface area contributed by atoms with E-state index in [4.69, 9.17) is 20.9 Å². The fraction of sp³-hybridized carbons (Fsp3) is 0.500. The summed E-state index contributed by atoms with van der Waals surface area (Å²) in [7, 11) is 0. The molecule has 9 nitrogen and oxygen atoms in total. The van der Waals surface area contributed by atoms with Crippen LogP contribution in [0.4, 0.5) is 11.5 Å². The summed E-state index contributed by atoms with van der Waals surface area (Å²) in [5.41, 5.74) is 15.2. The van der Waals surface area contributed by atoms with Gasteiger partial charge in [-0.05, 0) is 50.3 Å². The third kappa shape index (κ3) is 4.66. The zero-order chi connectivity index (χ0) is 22.0. The molecule has 2 aliphatic heterocycles. The number of fused-ring (bicyclic) bond motifs is 5. The Kier molecular flexibility index (Phi) is 6.13. The van der Waals surface area contributed by atoms with Gasteiger partial charge in [0.1, 0.15) is 5.75 Å². The maximum atomic E-state index is 12.6. The van der Waals surface area contributed by atoms with Crippen LogP contribution in [0, 0.1) is 0 Å². The van der Waals surface area contributed by atoms with Crippen LogP contribution >= 0.6 is 0 Å². The van der Waals surface area contributed by atoms with Crippen LogP contribution < -0.4 is 21.9 Å². The summed E-state index contributed by atoms with van der Waals surface area (Å²) >= 11 is 0. The summed E-state index contributed by atoms with van der Waals surface area (Å²) in [4.78, 5) is 23.2. The van der Waals surface area contributed by atoms with Crippen LogP contribution in [0.25, 0.3) is 0 Å². The summed E-state index contributed by atoms with van der Waals surface area (Å²) < 4.78 is 13.1. The number of aromatic nitrogens is 2. The number of nitrogens with two attached hydrogens (primary N) is 2. The first kappa shape index (κ1) is 21.2. The number of nitrogen functional groups attached to an aromatic ring is 1. The van der Waals surface area contributed by atoms with Crippen LogP contribution in [0.1, 0.15) is 43.4 Å². The summed E-state index contributed by atoms with van der Waals surface area (Å²) in [6, 6.07) is 4.62. The fourth-order valence-electron chi connectivity index (χ4n) is 4.02. The number of amidine groups is 1. The average Bonchev–Trinajstić information content (AvgIpc) is 2.74. The second-order valence-corrected chi connectivity index (χ2v) is 8.31. The number of aliphatic imine (C=N–C) groups is 1. The third-order valence-electron chi connectivity index (χ3n) is 5.78. The van der Waals surface area contributed by atoms with Crippen molar-refractivity contribution in [1.82, 2.24) is 14.5 Å². The van der Waals surface area contributed by atoms with E-state index in [2.05, 4.69) is 34.8 Å². The van der Waals surface area contributed by atoms with Gasteiger partial charge >= 0.3 is 5.69 Å². The number of hydrogen-bond acceptors (Lipinski definition) is 8. The van der Waals surface area contributed by atoms with Crippen molar-refractivity contribution in [3.8, 4) is 5.75 Å². The highest BCUT2D eigenvalue weighted by atomic mass is 16.5. The number of nitrogens with zero attached hydrogens (tertiary/aromatic N) is 4. The second kappa shape index (κ2) is 8.97. The fourth-order valence-corrected chi connectivity index (χ4v) is 4.02. The van der Waals surface area contributed by atoms with Crippen molar-refractivity contribution in [3.63, 3.8) is 0 Å². The third-order valence-corrected chi connectivity index (χ3v) is 5.78. The smallest absolute Gasteiger partial charge is 0.349 e. The molecule has 3 heterocycles. The summed E-state index contributed by atoms with van der Waals surface area (Å²) in [5.74, 6) is 1.13. The Hall–Kier alpha value is -3.07. The molecule has 2 aromatic rings. The molecule has 0 amide bonds. The van der Waals surface area contributed by atoms with Crippen molar-refractivity contribution in [1.29, 1.82) is 0 Å². The molecule has 0 saturated carbocycles. The van der Waals surface area contributed by atoms with Crippen molar-refractivity contribution in [3.05, 3.63) is 45.5 Å². The van der Waals surface area contributed by atoms with Crippen molar-refractivity contribution in [2.45, 2.75) is 52.2 Å². The van der Waals surface area contributed by atoms with Crippen molar-refractivity contribution < 1.29 is 9.47 Å². The van der Waals surface area contributed by atoms with E-state index in [-0.39, 0.29) is 24.1 Å². The molecular weight excluding hydrogens is 396 g/mol. The SMILES string of the molecule is CC(C)N1CCc2cc3cc(c2C1)OCCCCOC(N)=Nc1c(N)cnc(=O)n1C3. The zero-order valence-corrected chi connectivity index (χ0v) is 18.1. The van der Waals surface area contributed by atoms with Gasteiger partial charge in [-0.25, -0.2) is 4.79 Å². The molecule has 0 fully saturated rings. The number of ether oxygens (including phenoxy) is 2. The predicted octanol–water partition coefficient (Wildman–Crippen LogP) is 1.78. The highest BCUT2D eigenvalue weighted by Gasteiger charge is 2.23. The van der Waals surface area contributed by atoms with Gasteiger partial charge in [-0.15, -0.1) is 0 Å². The largest absolute Gasteiger partial charge is 0.493 e. The van der Waals surface area contributed by atoms with E-state index in [0.29, 0.717) is 19.3 Å². The van der Waals surface area contributed by atoms with Crippen LogP contribution in [-0.2, 0) is 24.2 Å². The van der Waals surface area contributed by atoms with Gasteiger partial charge in [-0.2, -0.15) is 9.98 Å². The first-order valence-corrected chi connectivity index (χ1v) is 10.8. The molecule has 1 aromatic carbocycles. The first-order chi connectivity index (χ1) is 14.9. The zero-order valence-electron chi connectivity index (χ0n) is 18.1. The van der Waals surface area contributed by atoms with Crippen LogP contribution in [0.2, 0.25) is 0 Å². The minimum absolute atomic E-state index is 0.0241. The van der Waals surface area contributed by atoms with Gasteiger partial charge in [0.25, 0.3) is 6.02 Å². The second-order valence-electron chi connectivity index (χ2n) is 8.31. The van der Waals surface area contributed by atoms with E-state index in [1.807, 2.05) is 6.07 Å². The van der Waals surface area contributed by atoms with Crippen LogP contribution in [0.5, 0.6) is 5.75 Å². The highest BCUT2D eigenvalue weighted by Crippen LogP contribution is 2.32. The molecule has 0 spiro atoms. The maximum absolute atomic E-state index is 12.6. The molecular formula is C22H30N6O3. The van der Waals surface area contributed by atoms with E-state index in [1.165, 1.54) is 21.9 Å². The molecule has 9 heteroatoms. The Morgan fingerprint density at radius 3 is 2.65 bits per heavy atom. The summed E-state index contributed by atoms with van der Waals surface area (Å²) in [6.45, 7) is 7.54. The quantitative estimate of drug-likeness (QED) is 0.713. The predicted molar refractivity (Wildman–Crippen MR) is 120 cm³/mol. The molecule has 0 radical (unpaired) electrons. The Morgan fingerprint density at radius 2 is 1.87 bits per heavy atom. The van der Waals surface area contributed by atoms with Gasteiger partial charge in [0, 0.05) is 24.7 Å². The molecule has 1 aromatic heterocycles. The molecule has 4 N–H and O–H groups in total. The lowest BCUT2D eigenvalue weighted by Gasteiger charge is -2.33. The van der Waals surface area contributed by atoms with Crippen molar-refractivity contribution >= 4 is 17.5 Å². The summed E-state index contributed by atoms with van der Waals surface area (Å²) in [6.07, 6.45) is 3.85. The first-order valence-electron chi connectivity index (χ1n) is 10.8. The van der Waals surface area contributed by atoms with E-state index in [0.717, 1.165) is 43.7 Å². The average molecular weight is 427 g/mol. The Bertz CT molecular complexity index is 1050. The minimum atomic E-state index is -0.445. The minimum Gasteiger partial charge on any atom is -0.493 e. The van der Waals surface area contributed by atoms with Gasteiger partial charge < -0.3 is 20.9 Å². The molecule has 166 valence electrons. The van der Waals surface area contributed by atoms with Crippen molar-refractivity contribution in [2.24, 2.45) is 10.7 Å². The maximum Gasteiger partial charge on any atom is 0.349 e.